The molecule has 0 unspecified atom stereocenters. The fourth-order valence-electron chi connectivity index (χ4n) is 2.74. The third kappa shape index (κ3) is 4.57. The van der Waals surface area contributed by atoms with E-state index < -0.39 is 0 Å². The number of amides is 1. The van der Waals surface area contributed by atoms with E-state index in [2.05, 4.69) is 31.4 Å². The van der Waals surface area contributed by atoms with Crippen molar-refractivity contribution in [3.8, 4) is 5.69 Å². The Hall–Kier alpha value is -1.69. The highest BCUT2D eigenvalue weighted by Gasteiger charge is 2.23. The van der Waals surface area contributed by atoms with Crippen LogP contribution in [-0.2, 0) is 17.6 Å². The van der Waals surface area contributed by atoms with Gasteiger partial charge in [0, 0.05) is 16.6 Å². The van der Waals surface area contributed by atoms with Gasteiger partial charge in [0.25, 0.3) is 5.56 Å². The van der Waals surface area contributed by atoms with Crippen molar-refractivity contribution in [3.63, 3.8) is 0 Å². The minimum Gasteiger partial charge on any atom is -0.300 e. The van der Waals surface area contributed by atoms with Crippen LogP contribution in [0.3, 0.4) is 0 Å². The summed E-state index contributed by atoms with van der Waals surface area (Å²) in [6, 6.07) is 7.47. The summed E-state index contributed by atoms with van der Waals surface area (Å²) in [5, 5.41) is 12.6. The molecule has 1 N–H and O–H groups in total. The van der Waals surface area contributed by atoms with Crippen molar-refractivity contribution in [1.82, 2.24) is 19.7 Å². The summed E-state index contributed by atoms with van der Waals surface area (Å²) in [5.74, 6) is 0.763. The smallest absolute Gasteiger partial charge is 0.272 e. The van der Waals surface area contributed by atoms with Gasteiger partial charge in [-0.1, -0.05) is 46.0 Å². The van der Waals surface area contributed by atoms with E-state index in [0.717, 1.165) is 39.5 Å². The molecule has 0 saturated carbocycles. The second kappa shape index (κ2) is 8.99. The van der Waals surface area contributed by atoms with Gasteiger partial charge in [0.1, 0.15) is 5.01 Å². The minimum absolute atomic E-state index is 0.0839. The predicted molar refractivity (Wildman–Crippen MR) is 121 cm³/mol. The number of fused-ring (bicyclic) bond motifs is 1. The normalized spacial score (nSPS) is 12.8. The monoisotopic (exact) mass is 509 g/mol. The lowest BCUT2D eigenvalue weighted by atomic mass is 10.3. The van der Waals surface area contributed by atoms with Crippen molar-refractivity contribution >= 4 is 61.8 Å². The zero-order valence-corrected chi connectivity index (χ0v) is 19.4. The summed E-state index contributed by atoms with van der Waals surface area (Å²) in [6.07, 6.45) is 1.54. The minimum atomic E-state index is -0.208. The second-order valence-electron chi connectivity index (χ2n) is 6.08. The van der Waals surface area contributed by atoms with Gasteiger partial charge in [0.05, 0.1) is 22.0 Å². The molecular formula is C18H16BrN5O2S3. The quantitative estimate of drug-likeness (QED) is 0.399. The number of rotatable bonds is 6. The molecule has 29 heavy (non-hydrogen) atoms. The van der Waals surface area contributed by atoms with Gasteiger partial charge in [0.2, 0.25) is 11.0 Å². The first-order valence-electron chi connectivity index (χ1n) is 8.85. The van der Waals surface area contributed by atoms with Crippen LogP contribution in [0.15, 0.2) is 43.6 Å². The Labute approximate surface area is 187 Å². The van der Waals surface area contributed by atoms with Crippen molar-refractivity contribution in [2.24, 2.45) is 0 Å². The summed E-state index contributed by atoms with van der Waals surface area (Å²) < 4.78 is 2.51. The number of nitrogens with one attached hydrogen (secondary N) is 1. The molecule has 0 saturated heterocycles. The van der Waals surface area contributed by atoms with Crippen molar-refractivity contribution in [1.29, 1.82) is 0 Å². The van der Waals surface area contributed by atoms with Gasteiger partial charge in [0.15, 0.2) is 5.16 Å². The third-order valence-electron chi connectivity index (χ3n) is 4.10. The number of carbonyl (C=O) groups is 1. The number of anilines is 1. The van der Waals surface area contributed by atoms with E-state index in [9.17, 15) is 9.59 Å². The SMILES string of the molecule is CCc1nnc(NC(=O)CSc2nc3c(c(=O)n2-c2ccc(Br)cc2)SCC3)s1. The molecule has 4 rings (SSSR count). The van der Waals surface area contributed by atoms with E-state index in [1.165, 1.54) is 34.9 Å². The Morgan fingerprint density at radius 1 is 1.31 bits per heavy atom. The fraction of sp³-hybridized carbons (Fsp3) is 0.278. The van der Waals surface area contributed by atoms with E-state index >= 15 is 0 Å². The molecule has 1 aliphatic rings. The van der Waals surface area contributed by atoms with Crippen LogP contribution in [-0.4, -0.2) is 37.2 Å². The van der Waals surface area contributed by atoms with Crippen LogP contribution in [0.1, 0.15) is 17.6 Å². The Balaban J connectivity index is 1.59. The van der Waals surface area contributed by atoms with Crippen molar-refractivity contribution in [3.05, 3.63) is 49.8 Å². The molecule has 3 aromatic rings. The summed E-state index contributed by atoms with van der Waals surface area (Å²) in [4.78, 5) is 30.9. The number of carbonyl (C=O) groups excluding carboxylic acids is 1. The lowest BCUT2D eigenvalue weighted by molar-refractivity contribution is -0.113. The summed E-state index contributed by atoms with van der Waals surface area (Å²) in [5.41, 5.74) is 1.45. The lowest BCUT2D eigenvalue weighted by Crippen LogP contribution is -2.24. The van der Waals surface area contributed by atoms with Crippen LogP contribution in [0.5, 0.6) is 0 Å². The molecule has 1 aromatic carbocycles. The van der Waals surface area contributed by atoms with E-state index in [0.29, 0.717) is 15.2 Å². The molecular weight excluding hydrogens is 494 g/mol. The summed E-state index contributed by atoms with van der Waals surface area (Å²) in [7, 11) is 0. The lowest BCUT2D eigenvalue weighted by Gasteiger charge is -2.13. The average molecular weight is 510 g/mol. The number of halogens is 1. The van der Waals surface area contributed by atoms with E-state index in [1.54, 1.807) is 4.57 Å². The largest absolute Gasteiger partial charge is 0.300 e. The first kappa shape index (κ1) is 20.6. The van der Waals surface area contributed by atoms with Crippen LogP contribution >= 0.6 is 50.8 Å². The van der Waals surface area contributed by atoms with E-state index in [4.69, 9.17) is 4.98 Å². The molecule has 0 atom stereocenters. The van der Waals surface area contributed by atoms with Gasteiger partial charge >= 0.3 is 0 Å². The number of thioether (sulfide) groups is 2. The third-order valence-corrected chi connectivity index (χ3v) is 7.66. The van der Waals surface area contributed by atoms with Gasteiger partial charge in [-0.3, -0.25) is 19.5 Å². The Bertz CT molecular complexity index is 1110. The van der Waals surface area contributed by atoms with Crippen LogP contribution < -0.4 is 10.9 Å². The van der Waals surface area contributed by atoms with Gasteiger partial charge in [-0.25, -0.2) is 4.98 Å². The topological polar surface area (TPSA) is 89.8 Å². The Morgan fingerprint density at radius 3 is 2.83 bits per heavy atom. The molecule has 0 radical (unpaired) electrons. The van der Waals surface area contributed by atoms with Gasteiger partial charge in [-0.2, -0.15) is 0 Å². The molecule has 1 amide bonds. The maximum Gasteiger partial charge on any atom is 0.272 e. The maximum absolute atomic E-state index is 13.1. The summed E-state index contributed by atoms with van der Waals surface area (Å²) >= 11 is 7.56. The summed E-state index contributed by atoms with van der Waals surface area (Å²) in [6.45, 7) is 1.99. The molecule has 1 aliphatic heterocycles. The number of aromatic nitrogens is 4. The highest BCUT2D eigenvalue weighted by molar-refractivity contribution is 9.10. The average Bonchev–Trinajstić information content (AvgIpc) is 3.37. The predicted octanol–water partition coefficient (Wildman–Crippen LogP) is 3.79. The van der Waals surface area contributed by atoms with Crippen LogP contribution in [0, 0.1) is 0 Å². The molecule has 3 heterocycles. The second-order valence-corrected chi connectivity index (χ2v) is 10.1. The molecule has 0 aliphatic carbocycles. The van der Waals surface area contributed by atoms with Crippen molar-refractivity contribution < 1.29 is 4.79 Å². The Kier molecular flexibility index (Phi) is 6.38. The maximum atomic E-state index is 13.1. The first-order valence-corrected chi connectivity index (χ1v) is 12.4. The van der Waals surface area contributed by atoms with Crippen LogP contribution in [0.2, 0.25) is 0 Å². The Morgan fingerprint density at radius 2 is 2.10 bits per heavy atom. The highest BCUT2D eigenvalue weighted by Crippen LogP contribution is 2.30. The fourth-order valence-corrected chi connectivity index (χ4v) is 5.55. The zero-order chi connectivity index (χ0) is 20.4. The first-order chi connectivity index (χ1) is 14.0. The van der Waals surface area contributed by atoms with Crippen molar-refractivity contribution in [2.75, 3.05) is 16.8 Å². The van der Waals surface area contributed by atoms with Crippen LogP contribution in [0.4, 0.5) is 5.13 Å². The van der Waals surface area contributed by atoms with E-state index in [1.807, 2.05) is 31.2 Å². The number of aryl methyl sites for hydroxylation is 2. The molecule has 7 nitrogen and oxygen atoms in total. The molecule has 0 spiro atoms. The molecule has 150 valence electrons. The van der Waals surface area contributed by atoms with Gasteiger partial charge < -0.3 is 0 Å². The van der Waals surface area contributed by atoms with Gasteiger partial charge in [-0.15, -0.1) is 22.0 Å². The molecule has 2 aromatic heterocycles. The zero-order valence-electron chi connectivity index (χ0n) is 15.3. The highest BCUT2D eigenvalue weighted by atomic mass is 79.9. The molecule has 0 bridgehead atoms. The number of benzene rings is 1. The van der Waals surface area contributed by atoms with Gasteiger partial charge in [-0.05, 0) is 30.7 Å². The van der Waals surface area contributed by atoms with E-state index in [-0.39, 0.29) is 17.2 Å². The van der Waals surface area contributed by atoms with Crippen LogP contribution in [0.25, 0.3) is 5.69 Å². The number of nitrogens with zero attached hydrogens (tertiary/aromatic N) is 4. The molecule has 0 fully saturated rings. The molecule has 11 heteroatoms. The standard InChI is InChI=1S/C18H16BrN5O2S3/c1-2-14-22-23-17(29-14)21-13(25)9-28-18-20-12-7-8-27-15(12)16(26)24(18)11-5-3-10(19)4-6-11/h3-6H,2,7-9H2,1H3,(H,21,23,25). The van der Waals surface area contributed by atoms with Crippen molar-refractivity contribution in [2.45, 2.75) is 29.8 Å². The number of hydrogen-bond donors (Lipinski definition) is 1. The number of hydrogen-bond acceptors (Lipinski definition) is 8.